The number of nitrogens with one attached hydrogen (secondary N) is 1. The van der Waals surface area contributed by atoms with Crippen LogP contribution in [0, 0.1) is 5.92 Å². The molecule has 1 fully saturated rings. The summed E-state index contributed by atoms with van der Waals surface area (Å²) in [5.41, 5.74) is 0.311. The second kappa shape index (κ2) is 4.28. The largest absolute Gasteiger partial charge is 0.352 e. The van der Waals surface area contributed by atoms with Crippen molar-refractivity contribution in [1.82, 2.24) is 19.6 Å². The molecule has 0 radical (unpaired) electrons. The molecule has 2 unspecified atom stereocenters. The molecule has 0 aliphatic carbocycles. The van der Waals surface area contributed by atoms with Gasteiger partial charge >= 0.3 is 5.69 Å². The minimum absolute atomic E-state index is 0.271. The maximum Gasteiger partial charge on any atom is 0.348 e. The van der Waals surface area contributed by atoms with Gasteiger partial charge in [0.05, 0.1) is 0 Å². The van der Waals surface area contributed by atoms with Gasteiger partial charge in [0.1, 0.15) is 12.1 Å². The summed E-state index contributed by atoms with van der Waals surface area (Å²) in [7, 11) is 0. The van der Waals surface area contributed by atoms with Crippen molar-refractivity contribution >= 4 is 23.1 Å². The summed E-state index contributed by atoms with van der Waals surface area (Å²) in [6, 6.07) is 2.11. The van der Waals surface area contributed by atoms with Gasteiger partial charge in [0.15, 0.2) is 5.65 Å². The summed E-state index contributed by atoms with van der Waals surface area (Å²) in [5, 5.41) is 6.35. The van der Waals surface area contributed by atoms with Crippen LogP contribution in [0.1, 0.15) is 13.3 Å². The van der Waals surface area contributed by atoms with Gasteiger partial charge in [-0.3, -0.25) is 0 Å². The number of nitrogens with zero attached hydrogens (tertiary/aromatic N) is 4. The first-order valence-electron chi connectivity index (χ1n) is 5.96. The van der Waals surface area contributed by atoms with E-state index < -0.39 is 0 Å². The molecule has 6 nitrogen and oxygen atoms in total. The van der Waals surface area contributed by atoms with Crippen molar-refractivity contribution in [3.05, 3.63) is 22.9 Å². The van der Waals surface area contributed by atoms with Crippen molar-refractivity contribution in [3.8, 4) is 0 Å². The Labute approximate surface area is 109 Å². The molecule has 1 saturated heterocycles. The Morgan fingerprint density at radius 3 is 3.22 bits per heavy atom. The summed E-state index contributed by atoms with van der Waals surface area (Å²) < 4.78 is 1.39. The molecule has 2 aromatic rings. The topological polar surface area (TPSA) is 66.3 Å². The lowest BCUT2D eigenvalue weighted by molar-refractivity contribution is 0.548. The van der Waals surface area contributed by atoms with Crippen LogP contribution in [0.4, 0.5) is 5.82 Å². The van der Waals surface area contributed by atoms with E-state index in [2.05, 4.69) is 27.0 Å². The van der Waals surface area contributed by atoms with Gasteiger partial charge in [0.25, 0.3) is 0 Å². The molecule has 0 spiro atoms. The number of H-pyrrole nitrogens is 1. The van der Waals surface area contributed by atoms with Crippen LogP contribution in [0.5, 0.6) is 0 Å². The summed E-state index contributed by atoms with van der Waals surface area (Å²) in [4.78, 5) is 17.9. The normalized spacial score (nSPS) is 24.0. The molecule has 1 aliphatic heterocycles. The van der Waals surface area contributed by atoms with Gasteiger partial charge < -0.3 is 4.90 Å². The number of rotatable bonds is 2. The predicted octanol–water partition coefficient (Wildman–Crippen LogP) is 0.871. The van der Waals surface area contributed by atoms with Gasteiger partial charge in [0, 0.05) is 24.5 Å². The third-order valence-corrected chi connectivity index (χ3v) is 3.95. The molecule has 0 amide bonds. The fraction of sp³-hybridized carbons (Fsp3) is 0.545. The Morgan fingerprint density at radius 1 is 1.61 bits per heavy atom. The first kappa shape index (κ1) is 11.5. The number of anilines is 1. The van der Waals surface area contributed by atoms with Crippen molar-refractivity contribution < 1.29 is 0 Å². The monoisotopic (exact) mass is 267 g/mol. The van der Waals surface area contributed by atoms with Crippen molar-refractivity contribution in [2.75, 3.05) is 17.3 Å². The number of fused-ring (bicyclic) bond motifs is 1. The molecular formula is C11H14ClN5O. The van der Waals surface area contributed by atoms with Crippen molar-refractivity contribution in [3.63, 3.8) is 0 Å². The summed E-state index contributed by atoms with van der Waals surface area (Å²) in [5.74, 6) is 1.97. The Morgan fingerprint density at radius 2 is 2.44 bits per heavy atom. The van der Waals surface area contributed by atoms with Crippen LogP contribution in [-0.2, 0) is 0 Å². The number of alkyl halides is 1. The Hall–Kier alpha value is -1.56. The minimum atomic E-state index is -0.271. The van der Waals surface area contributed by atoms with Gasteiger partial charge in [-0.1, -0.05) is 6.92 Å². The molecule has 7 heteroatoms. The summed E-state index contributed by atoms with van der Waals surface area (Å²) >= 11 is 6.02. The van der Waals surface area contributed by atoms with E-state index in [1.165, 1.54) is 10.7 Å². The Kier molecular flexibility index (Phi) is 2.74. The fourth-order valence-electron chi connectivity index (χ4n) is 2.48. The predicted molar refractivity (Wildman–Crippen MR) is 69.2 cm³/mol. The highest BCUT2D eigenvalue weighted by atomic mass is 35.5. The molecular weight excluding hydrogens is 254 g/mol. The van der Waals surface area contributed by atoms with Crippen molar-refractivity contribution in [1.29, 1.82) is 0 Å². The van der Waals surface area contributed by atoms with E-state index in [0.717, 1.165) is 18.8 Å². The smallest absolute Gasteiger partial charge is 0.348 e. The number of hydrogen-bond donors (Lipinski definition) is 1. The Balaban J connectivity index is 2.01. The first-order valence-corrected chi connectivity index (χ1v) is 6.49. The lowest BCUT2D eigenvalue weighted by Crippen LogP contribution is -2.34. The third kappa shape index (κ3) is 1.68. The molecule has 96 valence electrons. The van der Waals surface area contributed by atoms with Gasteiger partial charge in [-0.25, -0.2) is 19.3 Å². The first-order chi connectivity index (χ1) is 8.70. The fourth-order valence-corrected chi connectivity index (χ4v) is 2.96. The standard InChI is InChI=1S/C11H14ClN5O/c1-7-2-3-16(8(7)5-12)9-4-10-14-15-11(18)17(10)6-13-9/h4,6-8H,2-3,5H2,1H3,(H,15,18). The maximum atomic E-state index is 11.4. The van der Waals surface area contributed by atoms with E-state index in [1.807, 2.05) is 6.07 Å². The van der Waals surface area contributed by atoms with Crippen LogP contribution in [0.3, 0.4) is 0 Å². The zero-order chi connectivity index (χ0) is 12.7. The van der Waals surface area contributed by atoms with Crippen LogP contribution >= 0.6 is 11.6 Å². The second-order valence-electron chi connectivity index (χ2n) is 4.69. The van der Waals surface area contributed by atoms with E-state index in [9.17, 15) is 4.79 Å². The van der Waals surface area contributed by atoms with Crippen molar-refractivity contribution in [2.24, 2.45) is 5.92 Å². The van der Waals surface area contributed by atoms with E-state index in [1.54, 1.807) is 0 Å². The van der Waals surface area contributed by atoms with E-state index >= 15 is 0 Å². The molecule has 2 aromatic heterocycles. The lowest BCUT2D eigenvalue weighted by Gasteiger charge is -2.25. The molecule has 1 aliphatic rings. The zero-order valence-electron chi connectivity index (χ0n) is 10.0. The van der Waals surface area contributed by atoms with E-state index in [-0.39, 0.29) is 5.69 Å². The van der Waals surface area contributed by atoms with Crippen molar-refractivity contribution in [2.45, 2.75) is 19.4 Å². The summed E-state index contributed by atoms with van der Waals surface area (Å²) in [6.07, 6.45) is 2.61. The number of halogens is 1. The molecule has 3 heterocycles. The van der Waals surface area contributed by atoms with Crippen LogP contribution < -0.4 is 10.6 Å². The van der Waals surface area contributed by atoms with Crippen LogP contribution in [0.15, 0.2) is 17.2 Å². The highest BCUT2D eigenvalue weighted by molar-refractivity contribution is 6.18. The number of aromatic amines is 1. The van der Waals surface area contributed by atoms with Gasteiger partial charge in [-0.2, -0.15) is 5.10 Å². The molecule has 18 heavy (non-hydrogen) atoms. The highest BCUT2D eigenvalue weighted by Gasteiger charge is 2.31. The van der Waals surface area contributed by atoms with Crippen LogP contribution in [0.25, 0.3) is 5.65 Å². The molecule has 0 saturated carbocycles. The molecule has 1 N–H and O–H groups in total. The molecule has 0 bridgehead atoms. The maximum absolute atomic E-state index is 11.4. The minimum Gasteiger partial charge on any atom is -0.352 e. The quantitative estimate of drug-likeness (QED) is 0.820. The second-order valence-corrected chi connectivity index (χ2v) is 4.99. The molecule has 0 aromatic carbocycles. The molecule has 3 rings (SSSR count). The molecule has 2 atom stereocenters. The van der Waals surface area contributed by atoms with E-state index in [4.69, 9.17) is 11.6 Å². The van der Waals surface area contributed by atoms with Crippen LogP contribution in [-0.4, -0.2) is 38.0 Å². The van der Waals surface area contributed by atoms with Crippen LogP contribution in [0.2, 0.25) is 0 Å². The van der Waals surface area contributed by atoms with Gasteiger partial charge in [0.2, 0.25) is 0 Å². The Bertz CT molecular complexity index is 621. The third-order valence-electron chi connectivity index (χ3n) is 3.63. The number of hydrogen-bond acceptors (Lipinski definition) is 4. The average molecular weight is 268 g/mol. The number of aromatic nitrogens is 4. The van der Waals surface area contributed by atoms with Gasteiger partial charge in [-0.05, 0) is 12.3 Å². The average Bonchev–Trinajstić information content (AvgIpc) is 2.93. The van der Waals surface area contributed by atoms with Gasteiger partial charge in [-0.15, -0.1) is 11.6 Å². The summed E-state index contributed by atoms with van der Waals surface area (Å²) in [6.45, 7) is 3.14. The highest BCUT2D eigenvalue weighted by Crippen LogP contribution is 2.29. The lowest BCUT2D eigenvalue weighted by atomic mass is 10.1. The van der Waals surface area contributed by atoms with E-state index in [0.29, 0.717) is 23.5 Å². The SMILES string of the molecule is CC1CCN(c2cc3n[nH]c(=O)n3cn2)C1CCl. The zero-order valence-corrected chi connectivity index (χ0v) is 10.8.